The maximum atomic E-state index is 13.7. The molecule has 0 saturated heterocycles. The van der Waals surface area contributed by atoms with Gasteiger partial charge in [0.25, 0.3) is 0 Å². The van der Waals surface area contributed by atoms with E-state index in [1.54, 1.807) is 36.5 Å². The van der Waals surface area contributed by atoms with Crippen molar-refractivity contribution in [3.8, 4) is 0 Å². The van der Waals surface area contributed by atoms with E-state index in [4.69, 9.17) is 10.8 Å². The molecule has 2 aromatic heterocycles. The number of carbonyl (C=O) groups excluding carboxylic acids is 3. The van der Waals surface area contributed by atoms with E-state index in [1.807, 2.05) is 24.3 Å². The molecule has 9 N–H and O–H groups in total. The number of hydrogen-bond acceptors (Lipinski definition) is 7. The summed E-state index contributed by atoms with van der Waals surface area (Å²) < 4.78 is 0. The van der Waals surface area contributed by atoms with Crippen molar-refractivity contribution in [2.24, 2.45) is 5.73 Å². The van der Waals surface area contributed by atoms with E-state index in [-0.39, 0.29) is 19.3 Å². The number of fused-ring (bicyclic) bond motifs is 1. The molecular weight excluding hydrogens is 570 g/mol. The fourth-order valence-corrected chi connectivity index (χ4v) is 4.71. The Hall–Kier alpha value is -5.50. The molecule has 0 saturated carbocycles. The first-order valence-electron chi connectivity index (χ1n) is 13.8. The van der Waals surface area contributed by atoms with E-state index in [1.165, 1.54) is 12.5 Å². The second kappa shape index (κ2) is 14.6. The maximum Gasteiger partial charge on any atom is 0.326 e. The molecule has 4 atom stereocenters. The first kappa shape index (κ1) is 31.4. The number of nitrogens with one attached hydrogen (secondary N) is 5. The number of carbonyl (C=O) groups is 5. The van der Waals surface area contributed by atoms with Crippen LogP contribution in [0.1, 0.15) is 23.2 Å². The molecule has 4 unspecified atom stereocenters. The standard InChI is InChI=1S/C30H33N7O7/c31-21(13-26(38)39)27(40)35-23(11-18-14-33-22-9-5-4-8-20(18)22)28(41)36-24(12-19-15-32-16-34-19)29(42)37-25(30(43)44)10-17-6-2-1-3-7-17/h1-9,14-16,21,23-25,33H,10-13,31H2,(H,32,34)(H,35,40)(H,36,41)(H,37,42)(H,38,39)(H,43,44). The Balaban J connectivity index is 1.57. The highest BCUT2D eigenvalue weighted by molar-refractivity contribution is 5.95. The number of carboxylic acid groups (broad SMARTS) is 2. The molecule has 0 aliphatic rings. The molecule has 0 spiro atoms. The van der Waals surface area contributed by atoms with Gasteiger partial charge >= 0.3 is 11.9 Å². The molecule has 0 radical (unpaired) electrons. The summed E-state index contributed by atoms with van der Waals surface area (Å²) in [5.74, 6) is -4.94. The largest absolute Gasteiger partial charge is 0.481 e. The third-order valence-corrected chi connectivity index (χ3v) is 6.97. The number of aliphatic carboxylic acids is 2. The smallest absolute Gasteiger partial charge is 0.326 e. The van der Waals surface area contributed by atoms with Gasteiger partial charge < -0.3 is 41.9 Å². The van der Waals surface area contributed by atoms with Gasteiger partial charge in [-0.05, 0) is 17.2 Å². The molecule has 2 aromatic carbocycles. The van der Waals surface area contributed by atoms with Crippen LogP contribution >= 0.6 is 0 Å². The number of para-hydroxylation sites is 1. The number of H-pyrrole nitrogens is 2. The zero-order valence-corrected chi connectivity index (χ0v) is 23.5. The van der Waals surface area contributed by atoms with Crippen LogP contribution in [0.3, 0.4) is 0 Å². The number of nitrogens with two attached hydrogens (primary N) is 1. The van der Waals surface area contributed by atoms with Gasteiger partial charge in [0.1, 0.15) is 18.1 Å². The van der Waals surface area contributed by atoms with E-state index in [0.717, 1.165) is 10.9 Å². The zero-order chi connectivity index (χ0) is 31.6. The SMILES string of the molecule is NC(CC(=O)O)C(=O)NC(Cc1c[nH]c2ccccc12)C(=O)NC(Cc1cnc[nH]1)C(=O)NC(Cc1ccccc1)C(=O)O. The fraction of sp³-hybridized carbons (Fsp3) is 0.267. The summed E-state index contributed by atoms with van der Waals surface area (Å²) >= 11 is 0. The van der Waals surface area contributed by atoms with Crippen molar-refractivity contribution in [2.45, 2.75) is 49.9 Å². The first-order valence-corrected chi connectivity index (χ1v) is 13.8. The molecule has 4 aromatic rings. The molecule has 0 fully saturated rings. The summed E-state index contributed by atoms with van der Waals surface area (Å²) in [5, 5.41) is 27.3. The number of amides is 3. The van der Waals surface area contributed by atoms with Gasteiger partial charge in [-0.3, -0.25) is 19.2 Å². The lowest BCUT2D eigenvalue weighted by molar-refractivity contribution is -0.142. The molecule has 0 bridgehead atoms. The quantitative estimate of drug-likeness (QED) is 0.0929. The van der Waals surface area contributed by atoms with Crippen LogP contribution in [0, 0.1) is 0 Å². The predicted molar refractivity (Wildman–Crippen MR) is 158 cm³/mol. The van der Waals surface area contributed by atoms with Crippen LogP contribution in [0.4, 0.5) is 0 Å². The highest BCUT2D eigenvalue weighted by Gasteiger charge is 2.32. The van der Waals surface area contributed by atoms with Crippen LogP contribution < -0.4 is 21.7 Å². The van der Waals surface area contributed by atoms with E-state index in [2.05, 4.69) is 30.9 Å². The maximum absolute atomic E-state index is 13.7. The van der Waals surface area contributed by atoms with E-state index in [0.29, 0.717) is 16.8 Å². The van der Waals surface area contributed by atoms with Crippen molar-refractivity contribution in [2.75, 3.05) is 0 Å². The molecule has 0 aliphatic carbocycles. The summed E-state index contributed by atoms with van der Waals surface area (Å²) in [6.07, 6.45) is 3.80. The van der Waals surface area contributed by atoms with Gasteiger partial charge in [-0.1, -0.05) is 48.5 Å². The Morgan fingerprint density at radius 3 is 2.07 bits per heavy atom. The summed E-state index contributed by atoms with van der Waals surface area (Å²) in [4.78, 5) is 73.1. The first-order chi connectivity index (χ1) is 21.1. The molecule has 4 rings (SSSR count). The summed E-state index contributed by atoms with van der Waals surface area (Å²) in [7, 11) is 0. The van der Waals surface area contributed by atoms with Crippen LogP contribution in [0.15, 0.2) is 73.3 Å². The fourth-order valence-electron chi connectivity index (χ4n) is 4.71. The number of aromatic amines is 2. The van der Waals surface area contributed by atoms with Crippen molar-refractivity contribution < 1.29 is 34.2 Å². The van der Waals surface area contributed by atoms with Gasteiger partial charge in [0.2, 0.25) is 17.7 Å². The van der Waals surface area contributed by atoms with Crippen molar-refractivity contribution in [1.29, 1.82) is 0 Å². The van der Waals surface area contributed by atoms with Crippen molar-refractivity contribution in [1.82, 2.24) is 30.9 Å². The monoisotopic (exact) mass is 603 g/mol. The Labute approximate surface area is 251 Å². The van der Waals surface area contributed by atoms with E-state index < -0.39 is 60.2 Å². The zero-order valence-electron chi connectivity index (χ0n) is 23.5. The minimum Gasteiger partial charge on any atom is -0.481 e. The summed E-state index contributed by atoms with van der Waals surface area (Å²) in [6.45, 7) is 0. The topological polar surface area (TPSA) is 232 Å². The molecule has 230 valence electrons. The Bertz CT molecular complexity index is 1600. The summed E-state index contributed by atoms with van der Waals surface area (Å²) in [5.41, 5.74) is 8.40. The molecule has 2 heterocycles. The number of benzene rings is 2. The molecule has 14 nitrogen and oxygen atoms in total. The third kappa shape index (κ3) is 8.51. The Morgan fingerprint density at radius 2 is 1.41 bits per heavy atom. The molecule has 14 heteroatoms. The van der Waals surface area contributed by atoms with Crippen molar-refractivity contribution >= 4 is 40.6 Å². The van der Waals surface area contributed by atoms with Crippen LogP contribution in [0.25, 0.3) is 10.9 Å². The van der Waals surface area contributed by atoms with Crippen LogP contribution in [0.2, 0.25) is 0 Å². The van der Waals surface area contributed by atoms with Gasteiger partial charge in [0.05, 0.1) is 18.8 Å². The van der Waals surface area contributed by atoms with Crippen LogP contribution in [-0.2, 0) is 43.2 Å². The lowest BCUT2D eigenvalue weighted by Crippen LogP contribution is -2.58. The number of carboxylic acids is 2. The lowest BCUT2D eigenvalue weighted by atomic mass is 10.0. The number of rotatable bonds is 15. The second-order valence-corrected chi connectivity index (χ2v) is 10.3. The van der Waals surface area contributed by atoms with Gasteiger partial charge in [-0.25, -0.2) is 9.78 Å². The minimum absolute atomic E-state index is 0.00729. The van der Waals surface area contributed by atoms with Crippen molar-refractivity contribution in [3.05, 3.63) is 90.1 Å². The molecule has 3 amide bonds. The van der Waals surface area contributed by atoms with E-state index >= 15 is 0 Å². The van der Waals surface area contributed by atoms with Gasteiger partial charge in [0, 0.05) is 48.3 Å². The van der Waals surface area contributed by atoms with Crippen LogP contribution in [-0.4, -0.2) is 79.0 Å². The number of hydrogen-bond donors (Lipinski definition) is 8. The number of aromatic nitrogens is 3. The Morgan fingerprint density at radius 1 is 0.773 bits per heavy atom. The lowest BCUT2D eigenvalue weighted by Gasteiger charge is -2.25. The number of nitrogens with zero attached hydrogens (tertiary/aromatic N) is 1. The third-order valence-electron chi connectivity index (χ3n) is 6.97. The average Bonchev–Trinajstić information content (AvgIpc) is 3.66. The average molecular weight is 604 g/mol. The second-order valence-electron chi connectivity index (χ2n) is 10.3. The molecule has 44 heavy (non-hydrogen) atoms. The molecular formula is C30H33N7O7. The minimum atomic E-state index is -1.43. The van der Waals surface area contributed by atoms with Crippen molar-refractivity contribution in [3.63, 3.8) is 0 Å². The van der Waals surface area contributed by atoms with Crippen LogP contribution in [0.5, 0.6) is 0 Å². The van der Waals surface area contributed by atoms with E-state index in [9.17, 15) is 29.1 Å². The van der Waals surface area contributed by atoms with Gasteiger partial charge in [-0.15, -0.1) is 0 Å². The van der Waals surface area contributed by atoms with Gasteiger partial charge in [0.15, 0.2) is 0 Å². The number of imidazole rings is 1. The highest BCUT2D eigenvalue weighted by atomic mass is 16.4. The van der Waals surface area contributed by atoms with Gasteiger partial charge in [-0.2, -0.15) is 0 Å². The summed E-state index contributed by atoms with van der Waals surface area (Å²) in [6, 6.07) is 10.8. The highest BCUT2D eigenvalue weighted by Crippen LogP contribution is 2.19. The molecule has 0 aliphatic heterocycles. The Kier molecular flexibility index (Phi) is 10.4. The predicted octanol–water partition coefficient (Wildman–Crippen LogP) is 0.260. The normalized spacial score (nSPS) is 13.8.